The number of benzene rings is 2. The molecule has 0 saturated carbocycles. The van der Waals surface area contributed by atoms with Crippen molar-refractivity contribution < 1.29 is 24.0 Å². The predicted octanol–water partition coefficient (Wildman–Crippen LogP) is 0.745. The van der Waals surface area contributed by atoms with Gasteiger partial charge >= 0.3 is 18.9 Å². The van der Waals surface area contributed by atoms with E-state index >= 15 is 0 Å². The van der Waals surface area contributed by atoms with Crippen molar-refractivity contribution in [2.75, 3.05) is 0 Å². The normalized spacial score (nSPS) is 10.4. The first-order valence-corrected chi connectivity index (χ1v) is 7.20. The molecule has 0 aliphatic carbocycles. The third kappa shape index (κ3) is 7.91. The van der Waals surface area contributed by atoms with Gasteiger partial charge in [0.1, 0.15) is 0 Å². The van der Waals surface area contributed by atoms with Gasteiger partial charge in [0.05, 0.1) is 0 Å². The van der Waals surface area contributed by atoms with Crippen LogP contribution in [0.25, 0.3) is 5.76 Å². The van der Waals surface area contributed by atoms with E-state index in [1.165, 1.54) is 4.90 Å². The van der Waals surface area contributed by atoms with Crippen molar-refractivity contribution in [3.05, 3.63) is 78.1 Å². The molecule has 0 aliphatic rings. The summed E-state index contributed by atoms with van der Waals surface area (Å²) in [6, 6.07) is 19.6. The minimum atomic E-state index is 0. The summed E-state index contributed by atoms with van der Waals surface area (Å²) in [5, 5.41) is 11.8. The number of allylic oxidation sites excluding steroid dienone is 1. The number of thioether (sulfide) groups is 1. The number of rotatable bonds is 6. The van der Waals surface area contributed by atoms with E-state index in [4.69, 9.17) is 0 Å². The van der Waals surface area contributed by atoms with E-state index < -0.39 is 0 Å². The molecule has 0 aromatic heterocycles. The molecule has 2 aromatic rings. The molecule has 21 heavy (non-hydrogen) atoms. The Morgan fingerprint density at radius 2 is 1.48 bits per heavy atom. The summed E-state index contributed by atoms with van der Waals surface area (Å²) in [6.45, 7) is 0. The molecule has 98 valence electrons. The molecule has 1 nitrogen and oxygen atoms in total. The van der Waals surface area contributed by atoms with Crippen molar-refractivity contribution >= 4 is 36.4 Å². The Morgan fingerprint density at radius 1 is 0.905 bits per heavy atom. The van der Waals surface area contributed by atoms with E-state index in [1.54, 1.807) is 17.8 Å². The Morgan fingerprint density at radius 3 is 2.10 bits per heavy atom. The zero-order valence-electron chi connectivity index (χ0n) is 12.7. The molecular formula is C17H16Li2OS. The van der Waals surface area contributed by atoms with Gasteiger partial charge in [-0.2, -0.15) is 0 Å². The Kier molecular flexibility index (Phi) is 11.8. The first-order valence-electron chi connectivity index (χ1n) is 6.32. The number of hydrogen-bond acceptors (Lipinski definition) is 2. The fourth-order valence-electron chi connectivity index (χ4n) is 1.66. The van der Waals surface area contributed by atoms with E-state index in [0.717, 1.165) is 18.4 Å². The van der Waals surface area contributed by atoms with Gasteiger partial charge in [-0.05, 0) is 30.5 Å². The summed E-state index contributed by atoms with van der Waals surface area (Å²) in [5.74, 6) is 2.25. The predicted molar refractivity (Wildman–Crippen MR) is 86.0 cm³/mol. The van der Waals surface area contributed by atoms with E-state index in [9.17, 15) is 5.11 Å². The van der Waals surface area contributed by atoms with Crippen molar-refractivity contribution in [1.82, 2.24) is 0 Å². The monoisotopic (exact) mass is 282 g/mol. The molecule has 2 rings (SSSR count). The molecular weight excluding hydrogens is 266 g/mol. The van der Waals surface area contributed by atoms with E-state index in [1.807, 2.05) is 48.5 Å². The zero-order valence-corrected chi connectivity index (χ0v) is 13.5. The summed E-state index contributed by atoms with van der Waals surface area (Å²) in [4.78, 5) is 1.23. The van der Waals surface area contributed by atoms with Gasteiger partial charge in [-0.25, -0.2) is 0 Å². The third-order valence-electron chi connectivity index (χ3n) is 2.64. The van der Waals surface area contributed by atoms with E-state index in [2.05, 4.69) is 17.9 Å². The number of hydrogen-bond donors (Lipinski definition) is 0. The quantitative estimate of drug-likeness (QED) is 0.338. The average molecular weight is 282 g/mol. The second-order valence-corrected chi connectivity index (χ2v) is 5.15. The molecule has 0 heterocycles. The molecule has 0 bridgehead atoms. The van der Waals surface area contributed by atoms with Gasteiger partial charge in [0.2, 0.25) is 0 Å². The van der Waals surface area contributed by atoms with Gasteiger partial charge < -0.3 is 5.11 Å². The largest absolute Gasteiger partial charge is 1.00 e. The Labute approximate surface area is 155 Å². The second-order valence-electron chi connectivity index (χ2n) is 4.11. The van der Waals surface area contributed by atoms with Crippen molar-refractivity contribution in [3.63, 3.8) is 0 Å². The molecule has 0 aliphatic heterocycles. The summed E-state index contributed by atoms with van der Waals surface area (Å²) in [5.41, 5.74) is 0.762. The first-order chi connectivity index (χ1) is 9.36. The maximum atomic E-state index is 11.8. The van der Waals surface area contributed by atoms with Gasteiger partial charge in [0, 0.05) is 29.5 Å². The van der Waals surface area contributed by atoms with E-state index in [-0.39, 0.29) is 43.5 Å². The topological polar surface area (TPSA) is 23.1 Å². The molecule has 0 atom stereocenters. The van der Waals surface area contributed by atoms with Crippen LogP contribution in [-0.2, 0) is 0 Å². The molecule has 2 radical (unpaired) electrons. The van der Waals surface area contributed by atoms with Gasteiger partial charge in [-0.1, -0.05) is 54.6 Å². The fraction of sp³-hybridized carbons (Fsp3) is 0.118. The van der Waals surface area contributed by atoms with Crippen LogP contribution >= 0.6 is 11.8 Å². The Balaban J connectivity index is 0.00000200. The second kappa shape index (κ2) is 12.1. The van der Waals surface area contributed by atoms with Gasteiger partial charge in [-0.3, -0.25) is 0 Å². The molecule has 0 N–H and O–H groups in total. The molecule has 0 saturated heterocycles. The summed E-state index contributed by atoms with van der Waals surface area (Å²) in [7, 11) is 0. The average Bonchev–Trinajstić information content (AvgIpc) is 2.49. The van der Waals surface area contributed by atoms with Crippen LogP contribution in [0.2, 0.25) is 0 Å². The molecule has 0 unspecified atom stereocenters. The zero-order chi connectivity index (χ0) is 13.3. The van der Waals surface area contributed by atoms with Crippen LogP contribution in [0.15, 0.2) is 71.6 Å². The minimum absolute atomic E-state index is 0. The van der Waals surface area contributed by atoms with Crippen LogP contribution in [0.3, 0.4) is 0 Å². The van der Waals surface area contributed by atoms with Crippen molar-refractivity contribution in [3.8, 4) is 0 Å². The van der Waals surface area contributed by atoms with Gasteiger partial charge in [0.15, 0.2) is 0 Å². The molecule has 0 fully saturated rings. The van der Waals surface area contributed by atoms with Crippen LogP contribution in [0.4, 0.5) is 0 Å². The van der Waals surface area contributed by atoms with Crippen LogP contribution < -0.4 is 24.0 Å². The van der Waals surface area contributed by atoms with Gasteiger partial charge in [-0.15, -0.1) is 17.5 Å². The molecule has 2 aromatic carbocycles. The Hall–Kier alpha value is -0.475. The van der Waals surface area contributed by atoms with Crippen LogP contribution in [-0.4, -0.2) is 18.9 Å². The first kappa shape index (κ1) is 20.5. The molecule has 0 amide bonds. The summed E-state index contributed by atoms with van der Waals surface area (Å²) >= 11 is 1.71. The molecule has 0 spiro atoms. The summed E-state index contributed by atoms with van der Waals surface area (Å²) < 4.78 is 0. The van der Waals surface area contributed by atoms with Crippen LogP contribution in [0.5, 0.6) is 0 Å². The SMILES string of the molecule is [Li+].[Li].[O-]/C(=C\CC[CH]Sc1ccccc1)c1ccccc1. The Bertz CT molecular complexity index is 515. The third-order valence-corrected chi connectivity index (χ3v) is 3.58. The number of unbranched alkanes of at least 4 members (excludes halogenated alkanes) is 1. The smallest absolute Gasteiger partial charge is 0.872 e. The maximum Gasteiger partial charge on any atom is 1.00 e. The van der Waals surface area contributed by atoms with Crippen LogP contribution in [0.1, 0.15) is 18.4 Å². The fourth-order valence-corrected chi connectivity index (χ4v) is 2.42. The van der Waals surface area contributed by atoms with Gasteiger partial charge in [0.25, 0.3) is 0 Å². The molecule has 4 heteroatoms. The van der Waals surface area contributed by atoms with Crippen molar-refractivity contribution in [1.29, 1.82) is 0 Å². The van der Waals surface area contributed by atoms with Crippen molar-refractivity contribution in [2.45, 2.75) is 17.7 Å². The maximum absolute atomic E-state index is 11.8. The minimum Gasteiger partial charge on any atom is -0.872 e. The van der Waals surface area contributed by atoms with Crippen molar-refractivity contribution in [2.24, 2.45) is 0 Å². The summed E-state index contributed by atoms with van der Waals surface area (Å²) in [6.07, 6.45) is 3.45. The standard InChI is InChI=1S/C17H17OS.2Li/c18-17(15-9-3-1-4-10-15)13-7-8-14-19-16-11-5-2-6-12-16;;/h1-6,9-14,18H,7-8H2;;/q;;+1/p-1/b17-13-;;. The van der Waals surface area contributed by atoms with E-state index in [0.29, 0.717) is 0 Å². The van der Waals surface area contributed by atoms with Crippen LogP contribution in [0, 0.1) is 5.75 Å².